The highest BCUT2D eigenvalue weighted by atomic mass is 16.5. The van der Waals surface area contributed by atoms with E-state index < -0.39 is 0 Å². The Morgan fingerprint density at radius 2 is 2.24 bits per heavy atom. The largest absolute Gasteiger partial charge is 0.496 e. The standard InChI is InChI=1S/C13H15N3O/c1-9-4-5-11(8-12(9)17-3)16-10(2)13-14-6-7-15-13/h4-8H,1-3H3,(H,14,15). The molecule has 0 aliphatic rings. The molecule has 0 saturated heterocycles. The van der Waals surface area contributed by atoms with Gasteiger partial charge in [-0.05, 0) is 25.5 Å². The molecular weight excluding hydrogens is 214 g/mol. The SMILES string of the molecule is COc1cc(N=C(C)c2ncc[nH]2)ccc1C. The van der Waals surface area contributed by atoms with Crippen LogP contribution in [0.4, 0.5) is 5.69 Å². The van der Waals surface area contributed by atoms with E-state index in [2.05, 4.69) is 15.0 Å². The first-order valence-corrected chi connectivity index (χ1v) is 5.40. The number of benzene rings is 1. The van der Waals surface area contributed by atoms with Gasteiger partial charge in [0.15, 0.2) is 5.82 Å². The molecule has 0 bridgehead atoms. The van der Waals surface area contributed by atoms with Gasteiger partial charge in [0.2, 0.25) is 0 Å². The number of hydrogen-bond donors (Lipinski definition) is 1. The van der Waals surface area contributed by atoms with Crippen molar-refractivity contribution < 1.29 is 4.74 Å². The van der Waals surface area contributed by atoms with Crippen LogP contribution in [0, 0.1) is 6.92 Å². The summed E-state index contributed by atoms with van der Waals surface area (Å²) < 4.78 is 5.27. The summed E-state index contributed by atoms with van der Waals surface area (Å²) in [7, 11) is 1.66. The normalized spacial score (nSPS) is 11.6. The minimum Gasteiger partial charge on any atom is -0.496 e. The number of rotatable bonds is 3. The van der Waals surface area contributed by atoms with E-state index in [4.69, 9.17) is 4.74 Å². The lowest BCUT2D eigenvalue weighted by Crippen LogP contribution is -1.96. The van der Waals surface area contributed by atoms with Crippen molar-refractivity contribution >= 4 is 11.4 Å². The molecule has 17 heavy (non-hydrogen) atoms. The Labute approximate surface area is 100 Å². The molecule has 0 fully saturated rings. The van der Waals surface area contributed by atoms with Crippen LogP contribution in [0.25, 0.3) is 0 Å². The first kappa shape index (κ1) is 11.4. The van der Waals surface area contributed by atoms with E-state index in [0.29, 0.717) is 0 Å². The van der Waals surface area contributed by atoms with Gasteiger partial charge in [-0.3, -0.25) is 0 Å². The van der Waals surface area contributed by atoms with Crippen molar-refractivity contribution in [2.75, 3.05) is 7.11 Å². The molecule has 1 aromatic carbocycles. The van der Waals surface area contributed by atoms with Gasteiger partial charge in [0, 0.05) is 18.5 Å². The molecule has 0 atom stereocenters. The molecule has 0 spiro atoms. The van der Waals surface area contributed by atoms with Gasteiger partial charge in [-0.2, -0.15) is 0 Å². The van der Waals surface area contributed by atoms with Gasteiger partial charge in [0.25, 0.3) is 0 Å². The number of hydrogen-bond acceptors (Lipinski definition) is 3. The zero-order valence-electron chi connectivity index (χ0n) is 10.2. The van der Waals surface area contributed by atoms with Crippen molar-refractivity contribution in [3.63, 3.8) is 0 Å². The number of imidazole rings is 1. The van der Waals surface area contributed by atoms with Crippen LogP contribution in [0.3, 0.4) is 0 Å². The third-order valence-electron chi connectivity index (χ3n) is 2.53. The number of aromatic nitrogens is 2. The first-order chi connectivity index (χ1) is 8.20. The molecule has 4 heteroatoms. The van der Waals surface area contributed by atoms with Crippen LogP contribution in [0.15, 0.2) is 35.6 Å². The van der Waals surface area contributed by atoms with Crippen LogP contribution >= 0.6 is 0 Å². The van der Waals surface area contributed by atoms with E-state index in [1.54, 1.807) is 19.5 Å². The highest BCUT2D eigenvalue weighted by molar-refractivity contribution is 5.97. The van der Waals surface area contributed by atoms with E-state index in [9.17, 15) is 0 Å². The third-order valence-corrected chi connectivity index (χ3v) is 2.53. The smallest absolute Gasteiger partial charge is 0.151 e. The zero-order chi connectivity index (χ0) is 12.3. The van der Waals surface area contributed by atoms with E-state index in [1.165, 1.54) is 0 Å². The van der Waals surface area contributed by atoms with E-state index in [1.807, 2.05) is 32.0 Å². The average molecular weight is 229 g/mol. The van der Waals surface area contributed by atoms with Crippen LogP contribution in [0.1, 0.15) is 18.3 Å². The van der Waals surface area contributed by atoms with E-state index in [0.717, 1.165) is 28.5 Å². The van der Waals surface area contributed by atoms with Crippen molar-refractivity contribution in [3.05, 3.63) is 42.0 Å². The average Bonchev–Trinajstić information content (AvgIpc) is 2.85. The van der Waals surface area contributed by atoms with Crippen LogP contribution in [-0.2, 0) is 0 Å². The van der Waals surface area contributed by atoms with Gasteiger partial charge in [0.1, 0.15) is 5.75 Å². The Morgan fingerprint density at radius 1 is 1.41 bits per heavy atom. The second-order valence-corrected chi connectivity index (χ2v) is 3.79. The van der Waals surface area contributed by atoms with Crippen LogP contribution in [-0.4, -0.2) is 22.8 Å². The summed E-state index contributed by atoms with van der Waals surface area (Å²) >= 11 is 0. The Kier molecular flexibility index (Phi) is 3.23. The molecule has 0 radical (unpaired) electrons. The lowest BCUT2D eigenvalue weighted by atomic mass is 10.2. The number of aliphatic imine (C=N–C) groups is 1. The number of aromatic amines is 1. The second kappa shape index (κ2) is 4.82. The molecule has 1 heterocycles. The maximum absolute atomic E-state index is 5.27. The monoisotopic (exact) mass is 229 g/mol. The summed E-state index contributed by atoms with van der Waals surface area (Å²) in [5, 5.41) is 0. The molecule has 0 saturated carbocycles. The summed E-state index contributed by atoms with van der Waals surface area (Å²) in [6, 6.07) is 5.87. The van der Waals surface area contributed by atoms with Crippen molar-refractivity contribution in [1.82, 2.24) is 9.97 Å². The van der Waals surface area contributed by atoms with Crippen molar-refractivity contribution in [3.8, 4) is 5.75 Å². The van der Waals surface area contributed by atoms with Gasteiger partial charge in [-0.1, -0.05) is 6.07 Å². The lowest BCUT2D eigenvalue weighted by molar-refractivity contribution is 0.412. The van der Waals surface area contributed by atoms with Crippen LogP contribution in [0.5, 0.6) is 5.75 Å². The van der Waals surface area contributed by atoms with Gasteiger partial charge >= 0.3 is 0 Å². The number of aryl methyl sites for hydroxylation is 1. The zero-order valence-corrected chi connectivity index (χ0v) is 10.2. The molecule has 2 rings (SSSR count). The summed E-state index contributed by atoms with van der Waals surface area (Å²) in [6.45, 7) is 3.93. The molecule has 0 amide bonds. The van der Waals surface area contributed by atoms with Gasteiger partial charge < -0.3 is 9.72 Å². The molecule has 1 aromatic heterocycles. The number of nitrogens with zero attached hydrogens (tertiary/aromatic N) is 2. The lowest BCUT2D eigenvalue weighted by Gasteiger charge is -2.05. The van der Waals surface area contributed by atoms with Crippen molar-refractivity contribution in [2.45, 2.75) is 13.8 Å². The molecule has 4 nitrogen and oxygen atoms in total. The number of methoxy groups -OCH3 is 1. The summed E-state index contributed by atoms with van der Waals surface area (Å²) in [5.41, 5.74) is 2.81. The summed E-state index contributed by atoms with van der Waals surface area (Å²) in [4.78, 5) is 11.7. The molecule has 0 aliphatic heterocycles. The Bertz CT molecular complexity index is 530. The molecular formula is C13H15N3O. The highest BCUT2D eigenvalue weighted by Crippen LogP contribution is 2.24. The molecule has 0 aliphatic carbocycles. The van der Waals surface area contributed by atoms with Crippen molar-refractivity contribution in [2.24, 2.45) is 4.99 Å². The van der Waals surface area contributed by atoms with Gasteiger partial charge in [-0.25, -0.2) is 9.98 Å². The number of H-pyrrole nitrogens is 1. The minimum atomic E-state index is 0.782. The first-order valence-electron chi connectivity index (χ1n) is 5.40. The molecule has 88 valence electrons. The number of ether oxygens (including phenoxy) is 1. The maximum atomic E-state index is 5.27. The maximum Gasteiger partial charge on any atom is 0.151 e. The second-order valence-electron chi connectivity index (χ2n) is 3.79. The third kappa shape index (κ3) is 2.53. The van der Waals surface area contributed by atoms with E-state index >= 15 is 0 Å². The van der Waals surface area contributed by atoms with Gasteiger partial charge in [-0.15, -0.1) is 0 Å². The fraction of sp³-hybridized carbons (Fsp3) is 0.231. The molecule has 2 aromatic rings. The fourth-order valence-electron chi connectivity index (χ4n) is 1.59. The quantitative estimate of drug-likeness (QED) is 0.823. The Balaban J connectivity index is 2.32. The van der Waals surface area contributed by atoms with Gasteiger partial charge in [0.05, 0.1) is 18.5 Å². The van der Waals surface area contributed by atoms with E-state index in [-0.39, 0.29) is 0 Å². The van der Waals surface area contributed by atoms with Crippen LogP contribution < -0.4 is 4.74 Å². The minimum absolute atomic E-state index is 0.782. The highest BCUT2D eigenvalue weighted by Gasteiger charge is 2.02. The van der Waals surface area contributed by atoms with Crippen LogP contribution in [0.2, 0.25) is 0 Å². The number of nitrogens with one attached hydrogen (secondary N) is 1. The molecule has 1 N–H and O–H groups in total. The Hall–Kier alpha value is -2.10. The Morgan fingerprint density at radius 3 is 2.88 bits per heavy atom. The topological polar surface area (TPSA) is 50.3 Å². The predicted molar refractivity (Wildman–Crippen MR) is 68.2 cm³/mol. The molecule has 0 unspecified atom stereocenters. The summed E-state index contributed by atoms with van der Waals surface area (Å²) in [5.74, 6) is 1.63. The predicted octanol–water partition coefficient (Wildman–Crippen LogP) is 2.87. The summed E-state index contributed by atoms with van der Waals surface area (Å²) in [6.07, 6.45) is 3.49. The van der Waals surface area contributed by atoms with Crippen molar-refractivity contribution in [1.29, 1.82) is 0 Å². The fourth-order valence-corrected chi connectivity index (χ4v) is 1.59.